The molecule has 0 saturated heterocycles. The highest BCUT2D eigenvalue weighted by Gasteiger charge is 2.29. The average molecular weight is 1710 g/mol. The SMILES string of the molecule is Brc1ccc2c(c1)n(-c1ccccc1)c1nc3c(c4ccccc4n3-c3ccccc3)n21.OB(O)c1ccc2c(c1)c1ccccc1n2-c1nc(-c2ccccc2)nc(-c2ccccc2)n1.c1ccc(-c2nc(-c3ccccc3)nc(-n3c4ccccc4c4cc(-c5ccc6c(c5)n(-c5ccccc5)c5nc7c(c8ccccc8n7-c7ccccc7)n65)ccc43)n2)cc1. The zero-order valence-corrected chi connectivity index (χ0v) is 69.9. The van der Waals surface area contributed by atoms with Crippen LogP contribution in [0.25, 0.3) is 213 Å². The van der Waals surface area contributed by atoms with Gasteiger partial charge in [0.05, 0.1) is 55.2 Å². The minimum Gasteiger partial charge on any atom is -0.423 e. The van der Waals surface area contributed by atoms with Gasteiger partial charge >= 0.3 is 7.12 Å². The molecule has 0 saturated carbocycles. The third kappa shape index (κ3) is 12.6. The van der Waals surface area contributed by atoms with Crippen LogP contribution in [0, 0.1) is 0 Å². The molecule has 0 aliphatic rings. The summed E-state index contributed by atoms with van der Waals surface area (Å²) in [6.45, 7) is 0. The Kier molecular flexibility index (Phi) is 18.1. The number of rotatable bonds is 12. The van der Waals surface area contributed by atoms with E-state index in [0.29, 0.717) is 40.7 Å². The number of aromatic nitrogens is 16. The zero-order chi connectivity index (χ0) is 85.0. The van der Waals surface area contributed by atoms with Crippen molar-refractivity contribution in [1.29, 1.82) is 0 Å². The largest absolute Gasteiger partial charge is 0.488 e. The Morgan fingerprint density at radius 2 is 0.508 bits per heavy atom. The van der Waals surface area contributed by atoms with Crippen molar-refractivity contribution in [2.24, 2.45) is 0 Å². The summed E-state index contributed by atoms with van der Waals surface area (Å²) >= 11 is 3.66. The Balaban J connectivity index is 0.000000117. The van der Waals surface area contributed by atoms with Gasteiger partial charge in [0, 0.05) is 81.8 Å². The van der Waals surface area contributed by atoms with E-state index in [1.807, 2.05) is 168 Å². The normalized spacial score (nSPS) is 11.7. The smallest absolute Gasteiger partial charge is 0.423 e. The molecule has 0 fully saturated rings. The second-order valence-corrected chi connectivity index (χ2v) is 32.4. The van der Waals surface area contributed by atoms with Crippen LogP contribution < -0.4 is 5.46 Å². The van der Waals surface area contributed by atoms with Crippen LogP contribution in [0.3, 0.4) is 0 Å². The quantitative estimate of drug-likeness (QED) is 0.112. The molecule has 128 heavy (non-hydrogen) atoms. The van der Waals surface area contributed by atoms with Gasteiger partial charge in [-0.15, -0.1) is 0 Å². The van der Waals surface area contributed by atoms with E-state index in [-0.39, 0.29) is 0 Å². The molecule has 10 aromatic heterocycles. The summed E-state index contributed by atoms with van der Waals surface area (Å²) in [6.07, 6.45) is 0. The molecule has 0 radical (unpaired) electrons. The molecule has 0 aliphatic heterocycles. The molecule has 26 aromatic rings. The van der Waals surface area contributed by atoms with Gasteiger partial charge in [0.15, 0.2) is 34.6 Å². The summed E-state index contributed by atoms with van der Waals surface area (Å²) in [4.78, 5) is 40.5. The first kappa shape index (κ1) is 75.0. The number of imidazole rings is 4. The summed E-state index contributed by atoms with van der Waals surface area (Å²) in [5.41, 5.74) is 25.3. The third-order valence-corrected chi connectivity index (χ3v) is 24.5. The molecule has 20 heteroatoms. The van der Waals surface area contributed by atoms with Crippen LogP contribution in [0.5, 0.6) is 0 Å². The van der Waals surface area contributed by atoms with Crippen LogP contribution >= 0.6 is 15.9 Å². The van der Waals surface area contributed by atoms with E-state index in [1.54, 1.807) is 12.1 Å². The van der Waals surface area contributed by atoms with Crippen molar-refractivity contribution in [3.8, 4) is 91.3 Å². The maximum absolute atomic E-state index is 9.72. The molecular formula is C108H70BBrN16O2. The van der Waals surface area contributed by atoms with Gasteiger partial charge in [-0.25, -0.2) is 9.97 Å². The van der Waals surface area contributed by atoms with Crippen molar-refractivity contribution in [2.45, 2.75) is 0 Å². The van der Waals surface area contributed by atoms with E-state index < -0.39 is 7.12 Å². The summed E-state index contributed by atoms with van der Waals surface area (Å²) in [6, 6.07) is 141. The van der Waals surface area contributed by atoms with Crippen LogP contribution in [-0.4, -0.2) is 93.2 Å². The van der Waals surface area contributed by atoms with Crippen LogP contribution in [-0.2, 0) is 0 Å². The van der Waals surface area contributed by atoms with Crippen LogP contribution in [0.2, 0.25) is 0 Å². The van der Waals surface area contributed by atoms with E-state index >= 15 is 0 Å². The van der Waals surface area contributed by atoms with E-state index in [4.69, 9.17) is 39.9 Å². The first-order valence-corrected chi connectivity index (χ1v) is 43.0. The maximum Gasteiger partial charge on any atom is 0.488 e. The lowest BCUT2D eigenvalue weighted by atomic mass is 9.80. The van der Waals surface area contributed by atoms with Crippen LogP contribution in [0.1, 0.15) is 0 Å². The molecule has 0 atom stereocenters. The minimum atomic E-state index is -1.54. The zero-order valence-electron chi connectivity index (χ0n) is 68.3. The van der Waals surface area contributed by atoms with E-state index in [0.717, 1.165) is 177 Å². The Hall–Kier alpha value is -16.8. The van der Waals surface area contributed by atoms with Gasteiger partial charge in [-0.3, -0.25) is 36.2 Å². The molecule has 0 unspecified atom stereocenters. The van der Waals surface area contributed by atoms with Crippen molar-refractivity contribution in [3.63, 3.8) is 0 Å². The van der Waals surface area contributed by atoms with Crippen molar-refractivity contribution >= 4 is 150 Å². The molecule has 0 aliphatic carbocycles. The summed E-state index contributed by atoms with van der Waals surface area (Å²) in [7, 11) is -1.54. The monoisotopic (exact) mass is 1710 g/mol. The molecule has 604 valence electrons. The summed E-state index contributed by atoms with van der Waals surface area (Å²) in [5, 5.41) is 25.9. The Bertz CT molecular complexity index is 8680. The van der Waals surface area contributed by atoms with Gasteiger partial charge in [0.1, 0.15) is 11.0 Å². The molecule has 0 spiro atoms. The number of fused-ring (bicyclic) bond motifs is 20. The lowest BCUT2D eigenvalue weighted by Gasteiger charge is -2.11. The van der Waals surface area contributed by atoms with Crippen molar-refractivity contribution < 1.29 is 10.0 Å². The van der Waals surface area contributed by atoms with Gasteiger partial charge < -0.3 is 10.0 Å². The van der Waals surface area contributed by atoms with Crippen LogP contribution in [0.4, 0.5) is 0 Å². The van der Waals surface area contributed by atoms with Gasteiger partial charge in [0.25, 0.3) is 0 Å². The van der Waals surface area contributed by atoms with Gasteiger partial charge in [-0.05, 0) is 138 Å². The third-order valence-electron chi connectivity index (χ3n) is 24.0. The second-order valence-electron chi connectivity index (χ2n) is 31.5. The molecule has 10 heterocycles. The number of halogens is 1. The summed E-state index contributed by atoms with van der Waals surface area (Å²) in [5.74, 6) is 5.25. The van der Waals surface area contributed by atoms with Crippen molar-refractivity contribution in [1.82, 2.24) is 76.1 Å². The molecule has 0 amide bonds. The standard InChI is InChI=1S/C54H34N8.C27H19BN4O2.C27H17BrN4/c1-5-17-35(18-6-1)50-55-51(36-19-7-2-8-20-36)57-53(56-50)61-44-27-15-13-25-41(44)43-33-37(29-31-46(43)61)38-30-32-47-48(34-38)60(40-23-11-4-12-24-40)54-58-52-49(62(47)54)42-26-14-16-28-45(42)59(52)39-21-9-3-10-22-39;33-28(34)20-15-16-24-22(17-20)21-13-7-8-14-23(21)32(24)27-30-25(18-9-3-1-4-10-18)29-26(31-27)19-11-5-2-6-12-19;28-18-15-16-23-24(17-18)31(20-11-5-2-6-12-20)27-29-26-25(32(23)27)21-13-7-8-14-22(21)30(26)19-9-3-1-4-10-19/h1-34H;1-17,33-34H;1-17H. The molecule has 26 rings (SSSR count). The van der Waals surface area contributed by atoms with E-state index in [2.05, 4.69) is 284 Å². The molecular weight excluding hydrogens is 1640 g/mol. The Morgan fingerprint density at radius 1 is 0.211 bits per heavy atom. The van der Waals surface area contributed by atoms with E-state index in [1.165, 1.54) is 5.39 Å². The Labute approximate surface area is 739 Å². The predicted molar refractivity (Wildman–Crippen MR) is 519 cm³/mol. The molecule has 18 nitrogen and oxygen atoms in total. The first-order chi connectivity index (χ1) is 63.3. The number of benzene rings is 16. The fourth-order valence-corrected chi connectivity index (χ4v) is 18.7. The minimum absolute atomic E-state index is 0.431. The fourth-order valence-electron chi connectivity index (χ4n) is 18.3. The highest BCUT2D eigenvalue weighted by atomic mass is 79.9. The maximum atomic E-state index is 9.72. The van der Waals surface area contributed by atoms with Gasteiger partial charge in [-0.2, -0.15) is 29.9 Å². The predicted octanol–water partition coefficient (Wildman–Crippen LogP) is 23.8. The topological polar surface area (TPSA) is 182 Å². The summed E-state index contributed by atoms with van der Waals surface area (Å²) < 4.78 is 18.9. The number of hydrogen-bond acceptors (Lipinski definition) is 10. The van der Waals surface area contributed by atoms with E-state index in [9.17, 15) is 10.0 Å². The van der Waals surface area contributed by atoms with Gasteiger partial charge in [0.2, 0.25) is 23.5 Å². The lowest BCUT2D eigenvalue weighted by molar-refractivity contribution is 0.426. The molecule has 16 aromatic carbocycles. The number of para-hydroxylation sites is 8. The highest BCUT2D eigenvalue weighted by Crippen LogP contribution is 2.43. The first-order valence-electron chi connectivity index (χ1n) is 42.2. The average Bonchev–Trinajstić information content (AvgIpc) is 1.54. The van der Waals surface area contributed by atoms with Crippen molar-refractivity contribution in [2.75, 3.05) is 0 Å². The van der Waals surface area contributed by atoms with Crippen LogP contribution in [0.15, 0.2) is 417 Å². The fraction of sp³-hybridized carbons (Fsp3) is 0. The highest BCUT2D eigenvalue weighted by molar-refractivity contribution is 9.10. The lowest BCUT2D eigenvalue weighted by Crippen LogP contribution is -2.29. The number of hydrogen-bond donors (Lipinski definition) is 2. The Morgan fingerprint density at radius 3 is 0.898 bits per heavy atom. The van der Waals surface area contributed by atoms with Gasteiger partial charge in [-0.1, -0.05) is 307 Å². The molecule has 0 bridgehead atoms. The molecule has 2 N–H and O–H groups in total. The number of nitrogens with zero attached hydrogens (tertiary/aromatic N) is 16. The van der Waals surface area contributed by atoms with Crippen molar-refractivity contribution in [3.05, 3.63) is 417 Å². The second kappa shape index (κ2) is 30.9.